The average molecular weight is 126 g/mol. The van der Waals surface area contributed by atoms with Gasteiger partial charge in [0.05, 0.1) is 6.10 Å². The second-order valence-electron chi connectivity index (χ2n) is 3.40. The highest BCUT2D eigenvalue weighted by Crippen LogP contribution is 2.49. The van der Waals surface area contributed by atoms with E-state index in [-0.39, 0.29) is 11.5 Å². The first-order chi connectivity index (χ1) is 4.06. The van der Waals surface area contributed by atoms with Crippen LogP contribution >= 0.6 is 0 Å². The lowest BCUT2D eigenvalue weighted by Crippen LogP contribution is -2.18. The van der Waals surface area contributed by atoms with E-state index in [9.17, 15) is 5.11 Å². The Bertz CT molecular complexity index is 134. The third-order valence-corrected chi connectivity index (χ3v) is 2.17. The Labute approximate surface area is 56.4 Å². The first kappa shape index (κ1) is 6.81. The second-order valence-corrected chi connectivity index (χ2v) is 3.40. The van der Waals surface area contributed by atoms with E-state index in [0.717, 1.165) is 18.4 Å². The molecule has 52 valence electrons. The van der Waals surface area contributed by atoms with Crippen molar-refractivity contribution in [1.82, 2.24) is 0 Å². The zero-order valence-corrected chi connectivity index (χ0v) is 6.15. The molecule has 1 heteroatoms. The molecular formula is C8H14O. The van der Waals surface area contributed by atoms with Gasteiger partial charge in [0.15, 0.2) is 0 Å². The molecule has 0 spiro atoms. The fraction of sp³-hybridized carbons (Fsp3) is 0.750. The van der Waals surface area contributed by atoms with Crippen LogP contribution in [-0.4, -0.2) is 11.2 Å². The van der Waals surface area contributed by atoms with E-state index in [2.05, 4.69) is 13.5 Å². The van der Waals surface area contributed by atoms with Crippen molar-refractivity contribution in [2.75, 3.05) is 0 Å². The normalized spacial score (nSPS) is 25.2. The van der Waals surface area contributed by atoms with Crippen LogP contribution in [0.1, 0.15) is 26.7 Å². The minimum Gasteiger partial charge on any atom is -0.388 e. The summed E-state index contributed by atoms with van der Waals surface area (Å²) in [5.41, 5.74) is 1.08. The molecule has 1 rings (SSSR count). The Kier molecular flexibility index (Phi) is 1.39. The molecule has 1 atom stereocenters. The van der Waals surface area contributed by atoms with Crippen molar-refractivity contribution in [3.05, 3.63) is 12.2 Å². The number of aliphatic hydroxyl groups excluding tert-OH is 1. The Morgan fingerprint density at radius 1 is 1.67 bits per heavy atom. The van der Waals surface area contributed by atoms with Gasteiger partial charge in [-0.05, 0) is 25.2 Å². The highest BCUT2D eigenvalue weighted by molar-refractivity contribution is 5.10. The summed E-state index contributed by atoms with van der Waals surface area (Å²) < 4.78 is 0. The van der Waals surface area contributed by atoms with Gasteiger partial charge in [0, 0.05) is 0 Å². The van der Waals surface area contributed by atoms with E-state index in [1.54, 1.807) is 0 Å². The maximum Gasteiger partial charge on any atom is 0.0798 e. The predicted molar refractivity (Wildman–Crippen MR) is 38.2 cm³/mol. The van der Waals surface area contributed by atoms with Crippen LogP contribution in [0.25, 0.3) is 0 Å². The zero-order valence-electron chi connectivity index (χ0n) is 6.15. The van der Waals surface area contributed by atoms with Gasteiger partial charge in [-0.15, -0.1) is 0 Å². The van der Waals surface area contributed by atoms with Crippen molar-refractivity contribution in [3.63, 3.8) is 0 Å². The van der Waals surface area contributed by atoms with Crippen LogP contribution in [0.2, 0.25) is 0 Å². The number of hydrogen-bond acceptors (Lipinski definition) is 1. The summed E-state index contributed by atoms with van der Waals surface area (Å²) in [5, 5.41) is 9.43. The smallest absolute Gasteiger partial charge is 0.0798 e. The SMILES string of the molecule is C=C(C)C(O)C1(C)CC1. The molecule has 0 aromatic carbocycles. The van der Waals surface area contributed by atoms with E-state index in [1.807, 2.05) is 6.92 Å². The highest BCUT2D eigenvalue weighted by atomic mass is 16.3. The molecule has 0 aromatic rings. The molecule has 1 aliphatic carbocycles. The molecule has 1 saturated carbocycles. The van der Waals surface area contributed by atoms with Crippen LogP contribution in [0.3, 0.4) is 0 Å². The van der Waals surface area contributed by atoms with Gasteiger partial charge < -0.3 is 5.11 Å². The fourth-order valence-corrected chi connectivity index (χ4v) is 1.07. The average Bonchev–Trinajstić information content (AvgIpc) is 2.47. The third kappa shape index (κ3) is 1.16. The third-order valence-electron chi connectivity index (χ3n) is 2.17. The van der Waals surface area contributed by atoms with Crippen LogP contribution in [0.4, 0.5) is 0 Å². The highest BCUT2D eigenvalue weighted by Gasteiger charge is 2.44. The molecule has 1 fully saturated rings. The second kappa shape index (κ2) is 1.84. The summed E-state index contributed by atoms with van der Waals surface area (Å²) in [6.45, 7) is 7.70. The van der Waals surface area contributed by atoms with E-state index in [1.165, 1.54) is 0 Å². The quantitative estimate of drug-likeness (QED) is 0.558. The van der Waals surface area contributed by atoms with Gasteiger partial charge in [-0.3, -0.25) is 0 Å². The van der Waals surface area contributed by atoms with Gasteiger partial charge >= 0.3 is 0 Å². The van der Waals surface area contributed by atoms with Gasteiger partial charge in [0.2, 0.25) is 0 Å². The fourth-order valence-electron chi connectivity index (χ4n) is 1.07. The van der Waals surface area contributed by atoms with Crippen molar-refractivity contribution in [2.24, 2.45) is 5.41 Å². The van der Waals surface area contributed by atoms with E-state index < -0.39 is 0 Å². The minimum atomic E-state index is -0.266. The summed E-state index contributed by atoms with van der Waals surface area (Å²) >= 11 is 0. The molecular weight excluding hydrogens is 112 g/mol. The number of aliphatic hydroxyl groups is 1. The molecule has 0 radical (unpaired) electrons. The molecule has 0 heterocycles. The van der Waals surface area contributed by atoms with Crippen LogP contribution in [0.15, 0.2) is 12.2 Å². The van der Waals surface area contributed by atoms with Crippen molar-refractivity contribution in [2.45, 2.75) is 32.8 Å². The molecule has 0 aromatic heterocycles. The van der Waals surface area contributed by atoms with Gasteiger partial charge in [-0.2, -0.15) is 0 Å². The summed E-state index contributed by atoms with van der Waals surface area (Å²) in [7, 11) is 0. The van der Waals surface area contributed by atoms with Crippen LogP contribution in [-0.2, 0) is 0 Å². The van der Waals surface area contributed by atoms with Gasteiger partial charge in [0.25, 0.3) is 0 Å². The van der Waals surface area contributed by atoms with Crippen LogP contribution in [0.5, 0.6) is 0 Å². The zero-order chi connectivity index (χ0) is 7.07. The number of hydrogen-bond donors (Lipinski definition) is 1. The van der Waals surface area contributed by atoms with Gasteiger partial charge in [-0.1, -0.05) is 19.1 Å². The maximum atomic E-state index is 9.43. The number of rotatable bonds is 2. The molecule has 0 saturated heterocycles. The molecule has 1 aliphatic rings. The first-order valence-electron chi connectivity index (χ1n) is 3.40. The van der Waals surface area contributed by atoms with E-state index in [0.29, 0.717) is 0 Å². The lowest BCUT2D eigenvalue weighted by atomic mass is 9.97. The van der Waals surface area contributed by atoms with Crippen molar-refractivity contribution < 1.29 is 5.11 Å². The monoisotopic (exact) mass is 126 g/mol. The van der Waals surface area contributed by atoms with E-state index in [4.69, 9.17) is 0 Å². The summed E-state index contributed by atoms with van der Waals surface area (Å²) in [5.74, 6) is 0. The molecule has 1 nitrogen and oxygen atoms in total. The summed E-state index contributed by atoms with van der Waals surface area (Å²) in [6.07, 6.45) is 2.04. The first-order valence-corrected chi connectivity index (χ1v) is 3.40. The van der Waals surface area contributed by atoms with Crippen LogP contribution in [0, 0.1) is 5.41 Å². The topological polar surface area (TPSA) is 20.2 Å². The Balaban J connectivity index is 2.52. The van der Waals surface area contributed by atoms with Crippen molar-refractivity contribution >= 4 is 0 Å². The Morgan fingerprint density at radius 2 is 2.11 bits per heavy atom. The summed E-state index contributed by atoms with van der Waals surface area (Å²) in [4.78, 5) is 0. The predicted octanol–water partition coefficient (Wildman–Crippen LogP) is 1.72. The lowest BCUT2D eigenvalue weighted by Gasteiger charge is -2.16. The van der Waals surface area contributed by atoms with E-state index >= 15 is 0 Å². The van der Waals surface area contributed by atoms with Gasteiger partial charge in [0.1, 0.15) is 0 Å². The molecule has 1 N–H and O–H groups in total. The van der Waals surface area contributed by atoms with Gasteiger partial charge in [-0.25, -0.2) is 0 Å². The molecule has 0 bridgehead atoms. The molecule has 9 heavy (non-hydrogen) atoms. The van der Waals surface area contributed by atoms with Crippen LogP contribution < -0.4 is 0 Å². The maximum absolute atomic E-state index is 9.43. The summed E-state index contributed by atoms with van der Waals surface area (Å²) in [6, 6.07) is 0. The molecule has 0 amide bonds. The Hall–Kier alpha value is -0.300. The lowest BCUT2D eigenvalue weighted by molar-refractivity contribution is 0.138. The molecule has 1 unspecified atom stereocenters. The largest absolute Gasteiger partial charge is 0.388 e. The van der Waals surface area contributed by atoms with Crippen molar-refractivity contribution in [1.29, 1.82) is 0 Å². The molecule has 0 aliphatic heterocycles. The standard InChI is InChI=1S/C8H14O/c1-6(2)7(9)8(3)4-5-8/h7,9H,1,4-5H2,2-3H3. The minimum absolute atomic E-state index is 0.186. The Morgan fingerprint density at radius 3 is 2.22 bits per heavy atom. The van der Waals surface area contributed by atoms with Crippen molar-refractivity contribution in [3.8, 4) is 0 Å².